The van der Waals surface area contributed by atoms with Crippen LogP contribution in [0.15, 0.2) is 29.2 Å². The number of carbonyl (C=O) groups excluding carboxylic acids is 2. The molecule has 1 fully saturated rings. The standard InChI is InChI=1S/C18H26N2O5S/c1-12(2)16(18(22)23)19-17(21)14-8-10-20(11-9-14)26(24,25)15-6-4-13(3)5-7-15/h4-7,12,14,16H,8-11H2,1-3H3,(H,19,21)(H,22,23)/p-1/t16-/m0/s1. The highest BCUT2D eigenvalue weighted by atomic mass is 32.2. The van der Waals surface area contributed by atoms with Crippen LogP contribution in [0.25, 0.3) is 0 Å². The lowest BCUT2D eigenvalue weighted by Gasteiger charge is -2.32. The molecule has 144 valence electrons. The Morgan fingerprint density at radius 1 is 1.15 bits per heavy atom. The molecule has 0 unspecified atom stereocenters. The molecule has 1 aromatic rings. The van der Waals surface area contributed by atoms with Crippen LogP contribution in [0.4, 0.5) is 0 Å². The minimum absolute atomic E-state index is 0.228. The fourth-order valence-electron chi connectivity index (χ4n) is 2.99. The number of nitrogens with zero attached hydrogens (tertiary/aromatic N) is 1. The van der Waals surface area contributed by atoms with Gasteiger partial charge in [-0.2, -0.15) is 4.31 Å². The van der Waals surface area contributed by atoms with Crippen LogP contribution < -0.4 is 10.4 Å². The third-order valence-corrected chi connectivity index (χ3v) is 6.61. The van der Waals surface area contributed by atoms with E-state index in [1.54, 1.807) is 38.1 Å². The summed E-state index contributed by atoms with van der Waals surface area (Å²) in [5.74, 6) is -2.36. The van der Waals surface area contributed by atoms with Crippen molar-refractivity contribution < 1.29 is 23.1 Å². The van der Waals surface area contributed by atoms with Crippen molar-refractivity contribution in [2.24, 2.45) is 11.8 Å². The van der Waals surface area contributed by atoms with Crippen molar-refractivity contribution in [3.63, 3.8) is 0 Å². The lowest BCUT2D eigenvalue weighted by Crippen LogP contribution is -2.53. The van der Waals surface area contributed by atoms with Crippen molar-refractivity contribution >= 4 is 21.9 Å². The highest BCUT2D eigenvalue weighted by Crippen LogP contribution is 2.24. The van der Waals surface area contributed by atoms with E-state index in [1.807, 2.05) is 6.92 Å². The molecule has 1 amide bonds. The van der Waals surface area contributed by atoms with Crippen molar-refractivity contribution in [3.05, 3.63) is 29.8 Å². The molecular weight excluding hydrogens is 356 g/mol. The Morgan fingerprint density at radius 2 is 1.69 bits per heavy atom. The van der Waals surface area contributed by atoms with E-state index in [0.717, 1.165) is 5.56 Å². The van der Waals surface area contributed by atoms with E-state index in [-0.39, 0.29) is 29.8 Å². The molecule has 1 atom stereocenters. The molecule has 0 spiro atoms. The van der Waals surface area contributed by atoms with E-state index < -0.39 is 28.0 Å². The van der Waals surface area contributed by atoms with Gasteiger partial charge in [-0.1, -0.05) is 31.5 Å². The lowest BCUT2D eigenvalue weighted by atomic mass is 9.95. The van der Waals surface area contributed by atoms with Gasteiger partial charge < -0.3 is 15.2 Å². The van der Waals surface area contributed by atoms with E-state index >= 15 is 0 Å². The normalized spacial score (nSPS) is 17.8. The number of benzene rings is 1. The SMILES string of the molecule is Cc1ccc(S(=O)(=O)N2CCC(C(=O)N[C@H](C(=O)[O-])C(C)C)CC2)cc1. The molecule has 1 aliphatic rings. The second kappa shape index (κ2) is 8.18. The van der Waals surface area contributed by atoms with Crippen LogP contribution in [0.1, 0.15) is 32.3 Å². The summed E-state index contributed by atoms with van der Waals surface area (Å²) in [4.78, 5) is 23.7. The van der Waals surface area contributed by atoms with Gasteiger partial charge in [-0.3, -0.25) is 4.79 Å². The van der Waals surface area contributed by atoms with E-state index in [4.69, 9.17) is 0 Å². The molecule has 0 aromatic heterocycles. The van der Waals surface area contributed by atoms with Crippen LogP contribution in [0.2, 0.25) is 0 Å². The predicted molar refractivity (Wildman–Crippen MR) is 94.4 cm³/mol. The largest absolute Gasteiger partial charge is 0.548 e. The number of aryl methyl sites for hydroxylation is 1. The van der Waals surface area contributed by atoms with Crippen LogP contribution >= 0.6 is 0 Å². The third-order valence-electron chi connectivity index (χ3n) is 4.70. The van der Waals surface area contributed by atoms with Gasteiger partial charge in [0, 0.05) is 19.0 Å². The molecular formula is C18H25N2O5S-. The number of rotatable bonds is 6. The van der Waals surface area contributed by atoms with Gasteiger partial charge >= 0.3 is 0 Å². The third kappa shape index (κ3) is 4.62. The highest BCUT2D eigenvalue weighted by Gasteiger charge is 2.33. The van der Waals surface area contributed by atoms with Gasteiger partial charge in [0.1, 0.15) is 0 Å². The summed E-state index contributed by atoms with van der Waals surface area (Å²) < 4.78 is 26.7. The molecule has 7 nitrogen and oxygen atoms in total. The molecule has 0 radical (unpaired) electrons. The van der Waals surface area contributed by atoms with Crippen molar-refractivity contribution in [2.75, 3.05) is 13.1 Å². The summed E-state index contributed by atoms with van der Waals surface area (Å²) >= 11 is 0. The molecule has 1 aromatic carbocycles. The molecule has 26 heavy (non-hydrogen) atoms. The maximum Gasteiger partial charge on any atom is 0.243 e. The number of piperidine rings is 1. The summed E-state index contributed by atoms with van der Waals surface area (Å²) in [6.07, 6.45) is 0.712. The Morgan fingerprint density at radius 3 is 2.15 bits per heavy atom. The zero-order valence-corrected chi connectivity index (χ0v) is 16.1. The van der Waals surface area contributed by atoms with E-state index in [0.29, 0.717) is 12.8 Å². The van der Waals surface area contributed by atoms with Crippen molar-refractivity contribution in [1.29, 1.82) is 0 Å². The highest BCUT2D eigenvalue weighted by molar-refractivity contribution is 7.89. The average Bonchev–Trinajstić information content (AvgIpc) is 2.59. The maximum absolute atomic E-state index is 12.7. The Hall–Kier alpha value is -1.93. The van der Waals surface area contributed by atoms with E-state index in [2.05, 4.69) is 5.32 Å². The zero-order valence-electron chi connectivity index (χ0n) is 15.3. The molecule has 0 saturated carbocycles. The Bertz CT molecular complexity index is 750. The predicted octanol–water partition coefficient (Wildman–Crippen LogP) is 0.286. The number of aliphatic carboxylic acids is 1. The van der Waals surface area contributed by atoms with Gasteiger partial charge in [0.2, 0.25) is 15.9 Å². The first kappa shape index (κ1) is 20.4. The molecule has 1 N–H and O–H groups in total. The summed E-state index contributed by atoms with van der Waals surface area (Å²) in [5, 5.41) is 13.6. The number of sulfonamides is 1. The number of hydrogen-bond acceptors (Lipinski definition) is 5. The van der Waals surface area contributed by atoms with E-state index in [9.17, 15) is 23.1 Å². The minimum Gasteiger partial charge on any atom is -0.548 e. The van der Waals surface area contributed by atoms with Crippen LogP contribution in [0.3, 0.4) is 0 Å². The maximum atomic E-state index is 12.7. The average molecular weight is 381 g/mol. The number of carboxylic acids is 1. The van der Waals surface area contributed by atoms with Crippen LogP contribution in [-0.2, 0) is 19.6 Å². The fraction of sp³-hybridized carbons (Fsp3) is 0.556. The summed E-state index contributed by atoms with van der Waals surface area (Å²) in [6, 6.07) is 5.61. The first-order chi connectivity index (χ1) is 12.1. The molecule has 0 bridgehead atoms. The molecule has 8 heteroatoms. The second-order valence-electron chi connectivity index (χ2n) is 7.04. The summed E-state index contributed by atoms with van der Waals surface area (Å²) in [5.41, 5.74) is 0.979. The Kier molecular flexibility index (Phi) is 6.41. The Labute approximate surface area is 154 Å². The summed E-state index contributed by atoms with van der Waals surface area (Å²) in [7, 11) is -3.58. The van der Waals surface area contributed by atoms with Gasteiger partial charge in [0.25, 0.3) is 0 Å². The monoisotopic (exact) mass is 381 g/mol. The topological polar surface area (TPSA) is 107 Å². The van der Waals surface area contributed by atoms with Gasteiger partial charge in [-0.25, -0.2) is 8.42 Å². The lowest BCUT2D eigenvalue weighted by molar-refractivity contribution is -0.309. The van der Waals surface area contributed by atoms with Crippen molar-refractivity contribution in [2.45, 2.75) is 44.6 Å². The number of amides is 1. The quantitative estimate of drug-likeness (QED) is 0.762. The zero-order chi connectivity index (χ0) is 19.5. The molecule has 2 rings (SSSR count). The molecule has 1 heterocycles. The Balaban J connectivity index is 1.99. The van der Waals surface area contributed by atoms with Gasteiger partial charge in [-0.05, 0) is 37.8 Å². The number of hydrogen-bond donors (Lipinski definition) is 1. The van der Waals surface area contributed by atoms with Gasteiger partial charge in [0.05, 0.1) is 16.9 Å². The smallest absolute Gasteiger partial charge is 0.243 e. The number of nitrogens with one attached hydrogen (secondary N) is 1. The molecule has 1 aliphatic heterocycles. The van der Waals surface area contributed by atoms with E-state index in [1.165, 1.54) is 4.31 Å². The van der Waals surface area contributed by atoms with Crippen LogP contribution in [0, 0.1) is 18.8 Å². The van der Waals surface area contributed by atoms with Gasteiger partial charge in [-0.15, -0.1) is 0 Å². The molecule has 0 aliphatic carbocycles. The van der Waals surface area contributed by atoms with Gasteiger partial charge in [0.15, 0.2) is 0 Å². The van der Waals surface area contributed by atoms with Crippen molar-refractivity contribution in [3.8, 4) is 0 Å². The fourth-order valence-corrected chi connectivity index (χ4v) is 4.46. The van der Waals surface area contributed by atoms with Crippen LogP contribution in [0.5, 0.6) is 0 Å². The van der Waals surface area contributed by atoms with Crippen molar-refractivity contribution in [1.82, 2.24) is 9.62 Å². The first-order valence-electron chi connectivity index (χ1n) is 8.71. The number of carboxylic acid groups (broad SMARTS) is 1. The molecule has 1 saturated heterocycles. The summed E-state index contributed by atoms with van der Waals surface area (Å²) in [6.45, 7) is 5.73. The number of carbonyl (C=O) groups is 2. The first-order valence-corrected chi connectivity index (χ1v) is 10.1. The second-order valence-corrected chi connectivity index (χ2v) is 8.98. The van der Waals surface area contributed by atoms with Crippen LogP contribution in [-0.4, -0.2) is 43.7 Å². The minimum atomic E-state index is -3.58.